The second-order valence-corrected chi connectivity index (χ2v) is 8.42. The third-order valence-corrected chi connectivity index (χ3v) is 6.01. The molecule has 0 spiro atoms. The third kappa shape index (κ3) is 5.17. The molecule has 0 atom stereocenters. The van der Waals surface area contributed by atoms with Gasteiger partial charge < -0.3 is 14.5 Å². The maximum Gasteiger partial charge on any atom is 0.412 e. The van der Waals surface area contributed by atoms with Crippen molar-refractivity contribution in [2.45, 2.75) is 44.6 Å². The second kappa shape index (κ2) is 9.77. The maximum absolute atomic E-state index is 12.6. The van der Waals surface area contributed by atoms with Crippen LogP contribution in [0.3, 0.4) is 0 Å². The van der Waals surface area contributed by atoms with Crippen molar-refractivity contribution in [2.75, 3.05) is 5.32 Å². The van der Waals surface area contributed by atoms with E-state index in [0.29, 0.717) is 23.1 Å². The van der Waals surface area contributed by atoms with Crippen molar-refractivity contribution in [2.24, 2.45) is 0 Å². The van der Waals surface area contributed by atoms with E-state index in [1.165, 1.54) is 19.3 Å². The first kappa shape index (κ1) is 21.1. The second-order valence-electron chi connectivity index (χ2n) is 8.42. The largest absolute Gasteiger partial charge is 0.455 e. The number of hydrogen-bond donors (Lipinski definition) is 2. The van der Waals surface area contributed by atoms with E-state index < -0.39 is 6.09 Å². The summed E-state index contributed by atoms with van der Waals surface area (Å²) in [5.41, 5.74) is 3.15. The molecule has 6 nitrogen and oxygen atoms in total. The van der Waals surface area contributed by atoms with Crippen LogP contribution < -0.4 is 10.1 Å². The van der Waals surface area contributed by atoms with Gasteiger partial charge in [0, 0.05) is 12.0 Å². The molecule has 4 aromatic rings. The van der Waals surface area contributed by atoms with Gasteiger partial charge >= 0.3 is 6.09 Å². The fourth-order valence-electron chi connectivity index (χ4n) is 4.29. The normalized spacial score (nSPS) is 14.2. The first-order valence-corrected chi connectivity index (χ1v) is 11.5. The summed E-state index contributed by atoms with van der Waals surface area (Å²) in [4.78, 5) is 20.9. The average Bonchev–Trinajstić information content (AvgIpc) is 3.28. The highest BCUT2D eigenvalue weighted by Crippen LogP contribution is 2.36. The number of carbonyl (C=O) groups excluding carboxylic acids is 1. The Bertz CT molecular complexity index is 1220. The minimum Gasteiger partial charge on any atom is -0.455 e. The zero-order chi connectivity index (χ0) is 22.5. The Morgan fingerprint density at radius 3 is 2.45 bits per heavy atom. The molecule has 0 radical (unpaired) electrons. The van der Waals surface area contributed by atoms with Crippen LogP contribution in [-0.4, -0.2) is 16.1 Å². The van der Waals surface area contributed by atoms with Gasteiger partial charge in [-0.05, 0) is 36.6 Å². The summed E-state index contributed by atoms with van der Waals surface area (Å²) >= 11 is 0. The van der Waals surface area contributed by atoms with Crippen molar-refractivity contribution >= 4 is 22.8 Å². The van der Waals surface area contributed by atoms with Crippen molar-refractivity contribution in [3.63, 3.8) is 0 Å². The Hall–Kier alpha value is -3.80. The number of benzene rings is 3. The summed E-state index contributed by atoms with van der Waals surface area (Å²) in [6.07, 6.45) is 5.55. The molecular formula is C27H27N3O3. The van der Waals surface area contributed by atoms with Crippen LogP contribution in [0.1, 0.15) is 49.4 Å². The van der Waals surface area contributed by atoms with Crippen LogP contribution in [0.15, 0.2) is 72.8 Å². The van der Waals surface area contributed by atoms with Gasteiger partial charge in [-0.15, -0.1) is 0 Å². The van der Waals surface area contributed by atoms with Crippen molar-refractivity contribution in [1.29, 1.82) is 0 Å². The van der Waals surface area contributed by atoms with E-state index in [9.17, 15) is 4.79 Å². The summed E-state index contributed by atoms with van der Waals surface area (Å²) in [5, 5.41) is 2.85. The number of ether oxygens (including phenoxy) is 2. The lowest BCUT2D eigenvalue weighted by molar-refractivity contribution is 0.155. The van der Waals surface area contributed by atoms with Crippen molar-refractivity contribution < 1.29 is 14.3 Å². The molecule has 2 N–H and O–H groups in total. The molecule has 0 saturated heterocycles. The molecule has 3 aromatic carbocycles. The highest BCUT2D eigenvalue weighted by Gasteiger charge is 2.20. The number of para-hydroxylation sites is 1. The minimum atomic E-state index is -0.539. The monoisotopic (exact) mass is 441 g/mol. The zero-order valence-electron chi connectivity index (χ0n) is 18.4. The van der Waals surface area contributed by atoms with Gasteiger partial charge in [-0.25, -0.2) is 9.78 Å². The number of aromatic amines is 1. The van der Waals surface area contributed by atoms with E-state index in [2.05, 4.69) is 10.3 Å². The molecule has 1 aliphatic carbocycles. The molecule has 33 heavy (non-hydrogen) atoms. The Kier molecular flexibility index (Phi) is 6.24. The van der Waals surface area contributed by atoms with Crippen LogP contribution >= 0.6 is 0 Å². The lowest BCUT2D eigenvalue weighted by Crippen LogP contribution is -2.14. The molecule has 168 valence electrons. The highest BCUT2D eigenvalue weighted by atomic mass is 16.5. The van der Waals surface area contributed by atoms with E-state index in [4.69, 9.17) is 14.5 Å². The fraction of sp³-hybridized carbons (Fsp3) is 0.259. The third-order valence-electron chi connectivity index (χ3n) is 6.01. The number of rotatable bonds is 6. The van der Waals surface area contributed by atoms with Gasteiger partial charge in [0.1, 0.15) is 18.2 Å². The Morgan fingerprint density at radius 1 is 0.970 bits per heavy atom. The highest BCUT2D eigenvalue weighted by molar-refractivity contribution is 5.92. The van der Waals surface area contributed by atoms with Crippen LogP contribution in [0, 0.1) is 0 Å². The topological polar surface area (TPSA) is 76.2 Å². The summed E-state index contributed by atoms with van der Waals surface area (Å²) in [5.74, 6) is 2.67. The molecular weight excluding hydrogens is 414 g/mol. The van der Waals surface area contributed by atoms with Gasteiger partial charge in [-0.3, -0.25) is 5.32 Å². The lowest BCUT2D eigenvalue weighted by Gasteiger charge is -2.18. The van der Waals surface area contributed by atoms with Gasteiger partial charge in [0.25, 0.3) is 0 Å². The fourth-order valence-corrected chi connectivity index (χ4v) is 4.29. The summed E-state index contributed by atoms with van der Waals surface area (Å²) < 4.78 is 11.5. The van der Waals surface area contributed by atoms with Crippen molar-refractivity contribution in [3.8, 4) is 11.5 Å². The Labute approximate surface area is 193 Å². The number of aromatic nitrogens is 2. The number of hydrogen-bond acceptors (Lipinski definition) is 4. The molecule has 1 saturated carbocycles. The SMILES string of the molecule is O=C(Nc1cc2[nH]c(C3CCCCC3)nc2cc1Oc1ccccc1)OCc1ccccc1. The van der Waals surface area contributed by atoms with E-state index >= 15 is 0 Å². The molecule has 5 rings (SSSR count). The number of nitrogens with zero attached hydrogens (tertiary/aromatic N) is 1. The Morgan fingerprint density at radius 2 is 1.70 bits per heavy atom. The standard InChI is InChI=1S/C27H27N3O3/c31-27(32-18-19-10-4-1-5-11-19)30-24-16-22-23(17-25(24)33-21-14-8-3-9-15-21)29-26(28-22)20-12-6-2-7-13-20/h1,3-5,8-11,14-17,20H,2,6-7,12-13,18H2,(H,28,29)(H,30,31). The van der Waals surface area contributed by atoms with Gasteiger partial charge in [0.2, 0.25) is 0 Å². The number of fused-ring (bicyclic) bond motifs is 1. The lowest BCUT2D eigenvalue weighted by atomic mass is 9.89. The predicted octanol–water partition coefficient (Wildman–Crippen LogP) is 7.15. The number of amides is 1. The predicted molar refractivity (Wildman–Crippen MR) is 129 cm³/mol. The van der Waals surface area contributed by atoms with Gasteiger partial charge in [-0.1, -0.05) is 67.8 Å². The summed E-state index contributed by atoms with van der Waals surface area (Å²) in [7, 11) is 0. The molecule has 0 bridgehead atoms. The number of imidazole rings is 1. The van der Waals surface area contributed by atoms with E-state index in [1.807, 2.05) is 72.8 Å². The van der Waals surface area contributed by atoms with Crippen LogP contribution in [-0.2, 0) is 11.3 Å². The quantitative estimate of drug-likeness (QED) is 0.333. The van der Waals surface area contributed by atoms with Crippen molar-refractivity contribution in [3.05, 3.63) is 84.2 Å². The molecule has 1 aromatic heterocycles. The average molecular weight is 442 g/mol. The number of H-pyrrole nitrogens is 1. The van der Waals surface area contributed by atoms with Gasteiger partial charge in [-0.2, -0.15) is 0 Å². The van der Waals surface area contributed by atoms with Gasteiger partial charge in [0.05, 0.1) is 16.7 Å². The number of anilines is 1. The minimum absolute atomic E-state index is 0.194. The first-order valence-electron chi connectivity index (χ1n) is 11.5. The van der Waals surface area contributed by atoms with Crippen LogP contribution in [0.4, 0.5) is 10.5 Å². The number of nitrogens with one attached hydrogen (secondary N) is 2. The van der Waals surface area contributed by atoms with Crippen LogP contribution in [0.25, 0.3) is 11.0 Å². The molecule has 1 amide bonds. The first-order chi connectivity index (χ1) is 16.2. The summed E-state index contributed by atoms with van der Waals surface area (Å²) in [6.45, 7) is 0.194. The molecule has 1 fully saturated rings. The van der Waals surface area contributed by atoms with E-state index in [-0.39, 0.29) is 6.61 Å². The summed E-state index contributed by atoms with van der Waals surface area (Å²) in [6, 6.07) is 22.8. The molecule has 0 aliphatic heterocycles. The smallest absolute Gasteiger partial charge is 0.412 e. The maximum atomic E-state index is 12.6. The van der Waals surface area contributed by atoms with E-state index in [0.717, 1.165) is 35.3 Å². The van der Waals surface area contributed by atoms with Crippen LogP contribution in [0.2, 0.25) is 0 Å². The molecule has 0 unspecified atom stereocenters. The Balaban J connectivity index is 1.41. The van der Waals surface area contributed by atoms with E-state index in [1.54, 1.807) is 0 Å². The molecule has 1 heterocycles. The zero-order valence-corrected chi connectivity index (χ0v) is 18.4. The van der Waals surface area contributed by atoms with Crippen LogP contribution in [0.5, 0.6) is 11.5 Å². The van der Waals surface area contributed by atoms with Crippen molar-refractivity contribution in [1.82, 2.24) is 9.97 Å². The number of carbonyl (C=O) groups is 1. The van der Waals surface area contributed by atoms with Gasteiger partial charge in [0.15, 0.2) is 5.75 Å². The molecule has 6 heteroatoms. The molecule has 1 aliphatic rings.